The Hall–Kier alpha value is -2.50. The van der Waals surface area contributed by atoms with Gasteiger partial charge in [-0.25, -0.2) is 4.98 Å². The van der Waals surface area contributed by atoms with E-state index in [0.717, 1.165) is 17.5 Å². The van der Waals surface area contributed by atoms with E-state index in [1.54, 1.807) is 6.07 Å². The predicted octanol–water partition coefficient (Wildman–Crippen LogP) is 3.03. The first-order chi connectivity index (χ1) is 11.3. The van der Waals surface area contributed by atoms with Crippen LogP contribution < -0.4 is 5.56 Å². The number of nitrogens with zero attached hydrogens (tertiary/aromatic N) is 1. The summed E-state index contributed by atoms with van der Waals surface area (Å²) in [5, 5.41) is 0.582. The van der Waals surface area contributed by atoms with Crippen LogP contribution in [0.5, 0.6) is 0 Å². The maximum absolute atomic E-state index is 12.3. The van der Waals surface area contributed by atoms with Gasteiger partial charge in [-0.05, 0) is 18.6 Å². The van der Waals surface area contributed by atoms with Crippen molar-refractivity contribution in [3.05, 3.63) is 64.4 Å². The lowest BCUT2D eigenvalue weighted by Crippen LogP contribution is -2.19. The third kappa shape index (κ3) is 2.65. The van der Waals surface area contributed by atoms with Gasteiger partial charge in [-0.3, -0.25) is 4.79 Å². The van der Waals surface area contributed by atoms with Gasteiger partial charge in [-0.15, -0.1) is 0 Å². The summed E-state index contributed by atoms with van der Waals surface area (Å²) >= 11 is 0. The Kier molecular flexibility index (Phi) is 3.65. The quantitative estimate of drug-likeness (QED) is 0.790. The molecule has 0 amide bonds. The van der Waals surface area contributed by atoms with Gasteiger partial charge in [0, 0.05) is 11.1 Å². The molecule has 1 fully saturated rings. The zero-order valence-corrected chi connectivity index (χ0v) is 12.5. The molecule has 1 aliphatic rings. The number of aromatic amines is 1. The Bertz CT molecular complexity index is 898. The van der Waals surface area contributed by atoms with Crippen molar-refractivity contribution in [2.24, 2.45) is 0 Å². The lowest BCUT2D eigenvalue weighted by Gasteiger charge is -2.25. The standard InChI is InChI=1S/C18H16N2O3/c21-17-14-8-3-4-9-15(14)19-16(20-17)12-6-1-2-7-13(12)18-22-10-5-11-23-18/h1-4,6-9,18H,5,10-11H2,(H,19,20,21). The fraction of sp³-hybridized carbons (Fsp3) is 0.222. The molecular formula is C18H16N2O3. The highest BCUT2D eigenvalue weighted by Gasteiger charge is 2.21. The molecule has 0 aliphatic carbocycles. The molecule has 5 nitrogen and oxygen atoms in total. The van der Waals surface area contributed by atoms with Crippen molar-refractivity contribution in [1.29, 1.82) is 0 Å². The Morgan fingerprint density at radius 3 is 2.61 bits per heavy atom. The van der Waals surface area contributed by atoms with E-state index in [4.69, 9.17) is 9.47 Å². The van der Waals surface area contributed by atoms with E-state index >= 15 is 0 Å². The zero-order chi connectivity index (χ0) is 15.6. The Morgan fingerprint density at radius 1 is 1.00 bits per heavy atom. The number of hydrogen-bond donors (Lipinski definition) is 1. The molecule has 0 unspecified atom stereocenters. The van der Waals surface area contributed by atoms with Gasteiger partial charge in [-0.1, -0.05) is 36.4 Å². The summed E-state index contributed by atoms with van der Waals surface area (Å²) in [6.07, 6.45) is 0.473. The van der Waals surface area contributed by atoms with Gasteiger partial charge in [0.1, 0.15) is 5.82 Å². The average molecular weight is 308 g/mol. The molecule has 1 aliphatic heterocycles. The van der Waals surface area contributed by atoms with Crippen molar-refractivity contribution in [3.8, 4) is 11.4 Å². The van der Waals surface area contributed by atoms with Crippen LogP contribution in [0.3, 0.4) is 0 Å². The molecule has 0 bridgehead atoms. The van der Waals surface area contributed by atoms with E-state index in [1.807, 2.05) is 42.5 Å². The molecule has 3 aromatic rings. The van der Waals surface area contributed by atoms with E-state index in [9.17, 15) is 4.79 Å². The number of ether oxygens (including phenoxy) is 2. The Balaban J connectivity index is 1.86. The van der Waals surface area contributed by atoms with Crippen molar-refractivity contribution in [2.75, 3.05) is 13.2 Å². The van der Waals surface area contributed by atoms with Crippen molar-refractivity contribution in [1.82, 2.24) is 9.97 Å². The minimum atomic E-state index is -0.420. The first-order valence-electron chi connectivity index (χ1n) is 7.64. The second kappa shape index (κ2) is 5.95. The van der Waals surface area contributed by atoms with Crippen LogP contribution in [0.4, 0.5) is 0 Å². The highest BCUT2D eigenvalue weighted by atomic mass is 16.7. The summed E-state index contributed by atoms with van der Waals surface area (Å²) < 4.78 is 11.4. The zero-order valence-electron chi connectivity index (χ0n) is 12.5. The molecule has 1 aromatic heterocycles. The molecule has 1 saturated heterocycles. The summed E-state index contributed by atoms with van der Waals surface area (Å²) in [6.45, 7) is 1.33. The Morgan fingerprint density at radius 2 is 1.74 bits per heavy atom. The minimum absolute atomic E-state index is 0.147. The number of rotatable bonds is 2. The minimum Gasteiger partial charge on any atom is -0.348 e. The van der Waals surface area contributed by atoms with Crippen molar-refractivity contribution >= 4 is 10.9 Å². The van der Waals surface area contributed by atoms with Gasteiger partial charge in [0.25, 0.3) is 5.56 Å². The molecule has 0 spiro atoms. The molecule has 2 heterocycles. The fourth-order valence-electron chi connectivity index (χ4n) is 2.80. The SMILES string of the molecule is O=c1[nH]c(-c2ccccc2C2OCCCO2)nc2ccccc12. The van der Waals surface area contributed by atoms with Crippen LogP contribution in [-0.2, 0) is 9.47 Å². The fourth-order valence-corrected chi connectivity index (χ4v) is 2.80. The Labute approximate surface area is 132 Å². The van der Waals surface area contributed by atoms with Crippen LogP contribution in [0.15, 0.2) is 53.3 Å². The molecule has 116 valence electrons. The van der Waals surface area contributed by atoms with E-state index in [1.165, 1.54) is 0 Å². The summed E-state index contributed by atoms with van der Waals surface area (Å²) in [4.78, 5) is 19.8. The first-order valence-corrected chi connectivity index (χ1v) is 7.64. The highest BCUT2D eigenvalue weighted by Crippen LogP contribution is 2.30. The lowest BCUT2D eigenvalue weighted by atomic mass is 10.1. The smallest absolute Gasteiger partial charge is 0.259 e. The van der Waals surface area contributed by atoms with Crippen molar-refractivity contribution in [2.45, 2.75) is 12.7 Å². The molecular weight excluding hydrogens is 292 g/mol. The maximum atomic E-state index is 12.3. The van der Waals surface area contributed by atoms with Crippen LogP contribution in [0.1, 0.15) is 18.3 Å². The monoisotopic (exact) mass is 308 g/mol. The van der Waals surface area contributed by atoms with Gasteiger partial charge >= 0.3 is 0 Å². The highest BCUT2D eigenvalue weighted by molar-refractivity contribution is 5.79. The van der Waals surface area contributed by atoms with Crippen molar-refractivity contribution in [3.63, 3.8) is 0 Å². The van der Waals surface area contributed by atoms with Gasteiger partial charge in [-0.2, -0.15) is 0 Å². The molecule has 1 N–H and O–H groups in total. The number of benzene rings is 2. The molecule has 0 atom stereocenters. The predicted molar refractivity (Wildman–Crippen MR) is 87.1 cm³/mol. The maximum Gasteiger partial charge on any atom is 0.259 e. The van der Waals surface area contributed by atoms with Gasteiger partial charge in [0.2, 0.25) is 0 Å². The summed E-state index contributed by atoms with van der Waals surface area (Å²) in [7, 11) is 0. The van der Waals surface area contributed by atoms with Gasteiger partial charge < -0.3 is 14.5 Å². The second-order valence-corrected chi connectivity index (χ2v) is 5.45. The van der Waals surface area contributed by atoms with E-state index in [-0.39, 0.29) is 5.56 Å². The van der Waals surface area contributed by atoms with Gasteiger partial charge in [0.05, 0.1) is 24.1 Å². The van der Waals surface area contributed by atoms with Gasteiger partial charge in [0.15, 0.2) is 6.29 Å². The van der Waals surface area contributed by atoms with Crippen LogP contribution in [-0.4, -0.2) is 23.2 Å². The molecule has 23 heavy (non-hydrogen) atoms. The van der Waals surface area contributed by atoms with E-state index in [2.05, 4.69) is 9.97 Å². The van der Waals surface area contributed by atoms with Crippen LogP contribution in [0.25, 0.3) is 22.3 Å². The van der Waals surface area contributed by atoms with Crippen molar-refractivity contribution < 1.29 is 9.47 Å². The van der Waals surface area contributed by atoms with Crippen LogP contribution >= 0.6 is 0 Å². The molecule has 2 aromatic carbocycles. The second-order valence-electron chi connectivity index (χ2n) is 5.45. The normalized spacial score (nSPS) is 15.8. The third-order valence-electron chi connectivity index (χ3n) is 3.91. The van der Waals surface area contributed by atoms with E-state index < -0.39 is 6.29 Å². The summed E-state index contributed by atoms with van der Waals surface area (Å²) in [5.41, 5.74) is 2.23. The number of aromatic nitrogens is 2. The van der Waals surface area contributed by atoms with Crippen LogP contribution in [0.2, 0.25) is 0 Å². The molecule has 4 rings (SSSR count). The summed E-state index contributed by atoms with van der Waals surface area (Å²) in [5.74, 6) is 0.530. The third-order valence-corrected chi connectivity index (χ3v) is 3.91. The molecule has 5 heteroatoms. The largest absolute Gasteiger partial charge is 0.348 e. The number of para-hydroxylation sites is 1. The first kappa shape index (κ1) is 14.1. The molecule has 0 saturated carbocycles. The average Bonchev–Trinajstić information content (AvgIpc) is 2.62. The molecule has 0 radical (unpaired) electrons. The number of nitrogens with one attached hydrogen (secondary N) is 1. The number of fused-ring (bicyclic) bond motifs is 1. The lowest BCUT2D eigenvalue weighted by molar-refractivity contribution is -0.182. The number of hydrogen-bond acceptors (Lipinski definition) is 4. The summed E-state index contributed by atoms with van der Waals surface area (Å²) in [6, 6.07) is 15.0. The number of H-pyrrole nitrogens is 1. The topological polar surface area (TPSA) is 64.2 Å². The van der Waals surface area contributed by atoms with E-state index in [0.29, 0.717) is 29.9 Å². The van der Waals surface area contributed by atoms with Crippen LogP contribution in [0, 0.1) is 0 Å².